The first-order valence-corrected chi connectivity index (χ1v) is 8.83. The zero-order valence-corrected chi connectivity index (χ0v) is 14.9. The Morgan fingerprint density at radius 3 is 2.85 bits per heavy atom. The average molecular weight is 352 g/mol. The van der Waals surface area contributed by atoms with Gasteiger partial charge in [0.1, 0.15) is 5.82 Å². The molecule has 0 saturated heterocycles. The van der Waals surface area contributed by atoms with Gasteiger partial charge in [0, 0.05) is 12.4 Å². The molecule has 0 spiro atoms. The van der Waals surface area contributed by atoms with E-state index >= 15 is 0 Å². The maximum absolute atomic E-state index is 14.1. The van der Waals surface area contributed by atoms with E-state index in [4.69, 9.17) is 0 Å². The summed E-state index contributed by atoms with van der Waals surface area (Å²) in [4.78, 5) is 12.3. The van der Waals surface area contributed by atoms with Gasteiger partial charge in [-0.3, -0.25) is 9.48 Å². The number of carboxylic acids is 1. The van der Waals surface area contributed by atoms with Gasteiger partial charge in [-0.2, -0.15) is 5.10 Å². The van der Waals surface area contributed by atoms with Crippen LogP contribution in [0.15, 0.2) is 42.6 Å². The van der Waals surface area contributed by atoms with Gasteiger partial charge in [-0.05, 0) is 54.9 Å². The molecule has 4 rings (SSSR count). The first kappa shape index (κ1) is 16.8. The van der Waals surface area contributed by atoms with Crippen LogP contribution in [0.1, 0.15) is 41.9 Å². The molecule has 1 unspecified atom stereocenters. The van der Waals surface area contributed by atoms with E-state index in [1.54, 1.807) is 19.1 Å². The third kappa shape index (κ3) is 2.34. The van der Waals surface area contributed by atoms with E-state index in [1.807, 2.05) is 30.1 Å². The second-order valence-corrected chi connectivity index (χ2v) is 7.29. The van der Waals surface area contributed by atoms with Crippen LogP contribution >= 0.6 is 0 Å². The highest BCUT2D eigenvalue weighted by molar-refractivity contribution is 5.85. The SMILES string of the molecule is Cc1c(F)cccc1[C@]1(C(=O)O)CCC(c2cccc3cnn(C)c23)C1. The number of aliphatic carboxylic acids is 1. The Balaban J connectivity index is 1.81. The first-order chi connectivity index (χ1) is 12.4. The summed E-state index contributed by atoms with van der Waals surface area (Å²) in [7, 11) is 1.90. The molecule has 1 fully saturated rings. The lowest BCUT2D eigenvalue weighted by atomic mass is 9.75. The van der Waals surface area contributed by atoms with Crippen molar-refractivity contribution in [3.63, 3.8) is 0 Å². The minimum absolute atomic E-state index is 0.105. The lowest BCUT2D eigenvalue weighted by Crippen LogP contribution is -2.34. The zero-order valence-electron chi connectivity index (χ0n) is 14.9. The molecule has 0 aliphatic heterocycles. The summed E-state index contributed by atoms with van der Waals surface area (Å²) in [6.07, 6.45) is 3.56. The van der Waals surface area contributed by atoms with Gasteiger partial charge in [0.25, 0.3) is 0 Å². The molecule has 1 saturated carbocycles. The van der Waals surface area contributed by atoms with Gasteiger partial charge in [0.15, 0.2) is 0 Å². The number of hydrogen-bond donors (Lipinski definition) is 1. The van der Waals surface area contributed by atoms with E-state index < -0.39 is 11.4 Å². The van der Waals surface area contributed by atoms with Crippen molar-refractivity contribution in [2.24, 2.45) is 7.05 Å². The van der Waals surface area contributed by atoms with Crippen LogP contribution in [0.3, 0.4) is 0 Å². The van der Waals surface area contributed by atoms with E-state index in [2.05, 4.69) is 11.2 Å². The molecule has 3 aromatic rings. The molecule has 0 amide bonds. The maximum atomic E-state index is 14.1. The number of hydrogen-bond acceptors (Lipinski definition) is 2. The summed E-state index contributed by atoms with van der Waals surface area (Å²) >= 11 is 0. The van der Waals surface area contributed by atoms with Gasteiger partial charge >= 0.3 is 5.97 Å². The smallest absolute Gasteiger partial charge is 0.314 e. The highest BCUT2D eigenvalue weighted by Gasteiger charge is 2.48. The minimum atomic E-state index is -1.04. The molecule has 0 bridgehead atoms. The number of carboxylic acid groups (broad SMARTS) is 1. The number of nitrogens with zero attached hydrogens (tertiary/aromatic N) is 2. The molecular weight excluding hydrogens is 331 g/mol. The van der Waals surface area contributed by atoms with Crippen molar-refractivity contribution >= 4 is 16.9 Å². The topological polar surface area (TPSA) is 55.1 Å². The number of aromatic nitrogens is 2. The van der Waals surface area contributed by atoms with Gasteiger partial charge in [-0.25, -0.2) is 4.39 Å². The van der Waals surface area contributed by atoms with Crippen LogP contribution in [0, 0.1) is 12.7 Å². The molecular formula is C21H21FN2O2. The van der Waals surface area contributed by atoms with Crippen LogP contribution in [0.25, 0.3) is 10.9 Å². The predicted molar refractivity (Wildman–Crippen MR) is 97.8 cm³/mol. The Labute approximate surface area is 151 Å². The molecule has 1 N–H and O–H groups in total. The quantitative estimate of drug-likeness (QED) is 0.764. The van der Waals surface area contributed by atoms with Gasteiger partial charge < -0.3 is 5.11 Å². The fraction of sp³-hybridized carbons (Fsp3) is 0.333. The normalized spacial score (nSPS) is 22.8. The van der Waals surface area contributed by atoms with Crippen molar-refractivity contribution in [3.8, 4) is 0 Å². The molecule has 2 atom stereocenters. The minimum Gasteiger partial charge on any atom is -0.481 e. The molecule has 134 valence electrons. The summed E-state index contributed by atoms with van der Waals surface area (Å²) in [5, 5.41) is 15.5. The lowest BCUT2D eigenvalue weighted by Gasteiger charge is -2.27. The Bertz CT molecular complexity index is 1010. The van der Waals surface area contributed by atoms with Crippen LogP contribution in [0.2, 0.25) is 0 Å². The largest absolute Gasteiger partial charge is 0.481 e. The van der Waals surface area contributed by atoms with Crippen molar-refractivity contribution in [2.75, 3.05) is 0 Å². The Kier molecular flexibility index (Phi) is 3.83. The molecule has 4 nitrogen and oxygen atoms in total. The molecule has 1 aromatic heterocycles. The highest BCUT2D eigenvalue weighted by atomic mass is 19.1. The van der Waals surface area contributed by atoms with Crippen LogP contribution in [-0.2, 0) is 17.3 Å². The van der Waals surface area contributed by atoms with E-state index in [1.165, 1.54) is 6.07 Å². The summed E-state index contributed by atoms with van der Waals surface area (Å²) in [5.41, 5.74) is 2.17. The summed E-state index contributed by atoms with van der Waals surface area (Å²) in [6, 6.07) is 10.8. The number of rotatable bonds is 3. The monoisotopic (exact) mass is 352 g/mol. The van der Waals surface area contributed by atoms with Gasteiger partial charge in [0.05, 0.1) is 17.1 Å². The van der Waals surface area contributed by atoms with Gasteiger partial charge in [0.2, 0.25) is 0 Å². The zero-order chi connectivity index (χ0) is 18.5. The molecule has 1 aliphatic rings. The van der Waals surface area contributed by atoms with E-state index in [0.717, 1.165) is 22.9 Å². The molecule has 26 heavy (non-hydrogen) atoms. The predicted octanol–water partition coefficient (Wildman–Crippen LogP) is 4.31. The molecule has 0 radical (unpaired) electrons. The third-order valence-corrected chi connectivity index (χ3v) is 5.94. The third-order valence-electron chi connectivity index (χ3n) is 5.94. The Hall–Kier alpha value is -2.69. The van der Waals surface area contributed by atoms with E-state index in [0.29, 0.717) is 24.0 Å². The van der Waals surface area contributed by atoms with Crippen molar-refractivity contribution in [2.45, 2.75) is 37.5 Å². The molecule has 1 aliphatic carbocycles. The number of carbonyl (C=O) groups is 1. The van der Waals surface area contributed by atoms with Crippen LogP contribution in [-0.4, -0.2) is 20.9 Å². The standard InChI is InChI=1S/C21H21FN2O2/c1-13-17(7-4-8-18(13)22)21(20(25)26)10-9-14(11-21)16-6-3-5-15-12-23-24(2)19(15)16/h3-8,12,14H,9-11H2,1-2H3,(H,25,26)/t14?,21-/m0/s1. The lowest BCUT2D eigenvalue weighted by molar-refractivity contribution is -0.143. The molecule has 5 heteroatoms. The Morgan fingerprint density at radius 2 is 2.08 bits per heavy atom. The fourth-order valence-electron chi connectivity index (χ4n) is 4.58. The van der Waals surface area contributed by atoms with Crippen molar-refractivity contribution < 1.29 is 14.3 Å². The second-order valence-electron chi connectivity index (χ2n) is 7.29. The molecule has 1 heterocycles. The first-order valence-electron chi connectivity index (χ1n) is 8.83. The maximum Gasteiger partial charge on any atom is 0.314 e. The van der Waals surface area contributed by atoms with Gasteiger partial charge in [-0.1, -0.05) is 30.3 Å². The summed E-state index contributed by atoms with van der Waals surface area (Å²) < 4.78 is 15.9. The van der Waals surface area contributed by atoms with E-state index in [-0.39, 0.29) is 11.7 Å². The van der Waals surface area contributed by atoms with Crippen LogP contribution < -0.4 is 0 Å². The number of benzene rings is 2. The Morgan fingerprint density at radius 1 is 1.31 bits per heavy atom. The van der Waals surface area contributed by atoms with Crippen LogP contribution in [0.4, 0.5) is 4.39 Å². The number of aryl methyl sites for hydroxylation is 1. The summed E-state index contributed by atoms with van der Waals surface area (Å²) in [5.74, 6) is -1.11. The van der Waals surface area contributed by atoms with Gasteiger partial charge in [-0.15, -0.1) is 0 Å². The number of para-hydroxylation sites is 1. The molecule has 2 aromatic carbocycles. The van der Waals surface area contributed by atoms with Crippen molar-refractivity contribution in [3.05, 3.63) is 65.1 Å². The van der Waals surface area contributed by atoms with Crippen molar-refractivity contribution in [1.29, 1.82) is 0 Å². The van der Waals surface area contributed by atoms with E-state index in [9.17, 15) is 14.3 Å². The summed E-state index contributed by atoms with van der Waals surface area (Å²) in [6.45, 7) is 1.67. The van der Waals surface area contributed by atoms with Crippen molar-refractivity contribution in [1.82, 2.24) is 9.78 Å². The number of fused-ring (bicyclic) bond motifs is 1. The average Bonchev–Trinajstić information content (AvgIpc) is 3.23. The van der Waals surface area contributed by atoms with Crippen LogP contribution in [0.5, 0.6) is 0 Å². The fourth-order valence-corrected chi connectivity index (χ4v) is 4.58. The highest BCUT2D eigenvalue weighted by Crippen LogP contribution is 2.50. The number of halogens is 1. The second kappa shape index (κ2) is 5.94.